The summed E-state index contributed by atoms with van der Waals surface area (Å²) in [5, 5.41) is 41.9. The zero-order valence-electron chi connectivity index (χ0n) is 113. The van der Waals surface area contributed by atoms with Crippen molar-refractivity contribution < 1.29 is 155 Å². The lowest BCUT2D eigenvalue weighted by molar-refractivity contribution is 0.0975. The number of aliphatic hydroxyl groups is 4. The van der Waals surface area contributed by atoms with Gasteiger partial charge in [0.25, 0.3) is 0 Å². The number of hydrogen-bond acceptors (Lipinski definition) is 16. The van der Waals surface area contributed by atoms with Gasteiger partial charge in [-0.25, -0.2) is 0 Å². The quantitative estimate of drug-likeness (QED) is 0.0283. The molecule has 0 fully saturated rings. The largest absolute Gasteiger partial charge is 0.493 e. The molecule has 4 unspecified atom stereocenters. The summed E-state index contributed by atoms with van der Waals surface area (Å²) in [7, 11) is -8.10. The fourth-order valence-corrected chi connectivity index (χ4v) is 7.20. The second-order valence-corrected chi connectivity index (χ2v) is 19.9. The van der Waals surface area contributed by atoms with E-state index in [9.17, 15) is 20.4 Å². The molecule has 4 atom stereocenters. The topological polar surface area (TPSA) is 192 Å². The van der Waals surface area contributed by atoms with Crippen LogP contribution in [0.2, 0.25) is 0 Å². The summed E-state index contributed by atoms with van der Waals surface area (Å²) < 4.78 is 513. The first kappa shape index (κ1) is 32.7. The fraction of sp³-hybridized carbons (Fsp3) is 0.435. The molecule has 0 bridgehead atoms. The first-order valence-electron chi connectivity index (χ1n) is 58.3. The van der Waals surface area contributed by atoms with Gasteiger partial charge in [-0.15, -0.1) is 0 Å². The van der Waals surface area contributed by atoms with Gasteiger partial charge >= 0.3 is 0 Å². The van der Waals surface area contributed by atoms with Crippen LogP contribution in [0, 0.1) is 34.6 Å². The summed E-state index contributed by atoms with van der Waals surface area (Å²) in [6.45, 7) is 3.87. The van der Waals surface area contributed by atoms with E-state index in [0.717, 1.165) is 28.4 Å². The molecule has 4 N–H and O–H groups in total. The van der Waals surface area contributed by atoms with Crippen LogP contribution >= 0.6 is 0 Å². The lowest BCUT2D eigenvalue weighted by Crippen LogP contribution is -2.17. The summed E-state index contributed by atoms with van der Waals surface area (Å²) in [4.78, 5) is 0. The van der Waals surface area contributed by atoms with E-state index in [4.69, 9.17) is 126 Å². The minimum atomic E-state index is -3.26. The first-order valence-corrected chi connectivity index (χ1v) is 29.8. The fourth-order valence-electron chi connectivity index (χ4n) is 7.20. The Bertz CT molecular complexity index is 6410. The van der Waals surface area contributed by atoms with E-state index < -0.39 is 371 Å². The van der Waals surface area contributed by atoms with Crippen LogP contribution in [-0.4, -0.2) is 128 Å². The van der Waals surface area contributed by atoms with Gasteiger partial charge in [-0.3, -0.25) is 0 Å². The van der Waals surface area contributed by atoms with Crippen molar-refractivity contribution in [3.63, 3.8) is 0 Å². The van der Waals surface area contributed by atoms with Gasteiger partial charge in [0, 0.05) is 24.7 Å². The number of benzene rings is 8. The van der Waals surface area contributed by atoms with Gasteiger partial charge in [0.1, 0.15) is 49.4 Å². The van der Waals surface area contributed by atoms with Crippen LogP contribution in [0.15, 0.2) is 163 Å². The van der Waals surface area contributed by atoms with E-state index in [1.54, 1.807) is 13.8 Å². The molecule has 8 rings (SSSR count). The molecule has 0 aromatic heterocycles. The molecule has 16 heteroatoms. The van der Waals surface area contributed by atoms with E-state index in [0.29, 0.717) is 11.1 Å². The second-order valence-electron chi connectivity index (χ2n) is 19.9. The molecule has 0 heterocycles. The molecule has 16 nitrogen and oxygen atoms in total. The average Bonchev–Trinajstić information content (AvgIpc) is 0.727. The maximum atomic E-state index is 10.5. The minimum Gasteiger partial charge on any atom is -0.493 e. The molecule has 0 radical (unpaired) electrons. The lowest BCUT2D eigenvalue weighted by atomic mass is 10.0. The molecule has 0 aliphatic heterocycles. The molecule has 0 saturated carbocycles. The SMILES string of the molecule is [2H]c1c([2H])c(C)c([2H])c(OCC(O)C([2H])([2H])CC([2H])([2H])Cc2c([2H])c([2H])c(OC([2H])([2H])[2H])c(OC([2H])([2H])[2H])c2[2H])c1[2H].[2H]c1c([2H])c(C)c([2H])c(OCC(O)C([2H])([2H])CC([2H])([2H])Cc2c([2H])c([2H])c(OC([2H])([2H])[2H])c(OC)c2[2H])c1[2H].[2H]c1c([2H])c(C)c([2H])c(OCC(O)C([2H])([2H])CC([2H])([2H])Cc2c([2H])c([2H])c(OC)c(OC([2H])([2H])[2H])c2[2H])c1[2H].[2H]c1c([2H])c(OCC(O)C([2H])([2H])CC([2H])([2H])C([2H])([2H])c2c([2H])c([2H])c(OC)c(OC)c2[2H])c([2H])c(C)c1C. The molecule has 0 amide bonds. The standard InChI is InChI=1S/C22H30O4.3C21H28O4/c1-16-9-11-20(13-17(16)2)26-15-19(23)8-6-5-7-18-10-12-21(24-3)22(14-18)25-4;3*1-16-7-6-10-19(13-16)25-15-18(22)9-5-4-8-17-11-12-20(23-2)21(14-17)24-3/h9-14,19,23H,5-8,15H2,1-4H3;3*6-7,10-14,18,22H,4-5,8-9,15H2,1-3H3/i5D2,7D2,8D2,9D,10D,11D,12D,13D,14D;2D3,3D3,4D2,6D,7D,9D2,10D,11D,12D,13D,14D;3D3,4D2,6D,7D,9D2,10D,11D,12D,13D,14D;2D3,4D2,6D,7D,9D2,10D,11D,12D,13D,14D. The van der Waals surface area contributed by atoms with Gasteiger partial charge in [-0.1, -0.05) is 92.1 Å². The predicted molar refractivity (Wildman–Crippen MR) is 404 cm³/mol. The molecule has 8 aromatic rings. The van der Waals surface area contributed by atoms with Crippen LogP contribution in [0.1, 0.15) is 205 Å². The van der Waals surface area contributed by atoms with Gasteiger partial charge in [0.15, 0.2) is 46.0 Å². The highest BCUT2D eigenvalue weighted by Crippen LogP contribution is 2.32. The Morgan fingerprint density at radius 2 is 0.614 bits per heavy atom. The van der Waals surface area contributed by atoms with E-state index in [1.807, 2.05) is 0 Å². The van der Waals surface area contributed by atoms with Crippen LogP contribution in [0.5, 0.6) is 69.0 Å². The van der Waals surface area contributed by atoms with Gasteiger partial charge in [0.05, 0.1) is 134 Å². The van der Waals surface area contributed by atoms with E-state index in [2.05, 4.69) is 9.47 Å². The third kappa shape index (κ3) is 32.2. The van der Waals surface area contributed by atoms with Gasteiger partial charge in [0.2, 0.25) is 0 Å². The van der Waals surface area contributed by atoms with Crippen LogP contribution in [0.3, 0.4) is 0 Å². The minimum absolute atomic E-state index is 0.0168. The summed E-state index contributed by atoms with van der Waals surface area (Å²) >= 11 is 0. The van der Waals surface area contributed by atoms with Crippen molar-refractivity contribution in [1.82, 2.24) is 0 Å². The molecular formula is C85H114O16. The monoisotopic (exact) mass is 1450 g/mol. The molecule has 550 valence electrons. The molecule has 0 spiro atoms. The normalized spacial score (nSPS) is 21.8. The van der Waals surface area contributed by atoms with E-state index >= 15 is 0 Å². The van der Waals surface area contributed by atoms with Crippen LogP contribution in [0.25, 0.3) is 0 Å². The Kier molecular flexibility index (Phi) is 15.3. The van der Waals surface area contributed by atoms with Gasteiger partial charge in [-0.05, 0) is 258 Å². The van der Waals surface area contributed by atoms with Crippen molar-refractivity contribution in [3.8, 4) is 69.0 Å². The Balaban J connectivity index is 0.000000369. The average molecular weight is 1450 g/mol. The van der Waals surface area contributed by atoms with Crippen LogP contribution in [-0.2, 0) is 25.6 Å². The number of ether oxygens (including phenoxy) is 12. The molecule has 0 aliphatic carbocycles. The highest BCUT2D eigenvalue weighted by atomic mass is 16.5. The Hall–Kier alpha value is -8.80. The second kappa shape index (κ2) is 47.3. The number of hydrogen-bond donors (Lipinski definition) is 4. The van der Waals surface area contributed by atoms with Crippen molar-refractivity contribution in [3.05, 3.63) is 213 Å². The van der Waals surface area contributed by atoms with Crippen molar-refractivity contribution in [1.29, 1.82) is 0 Å². The van der Waals surface area contributed by atoms with Gasteiger partial charge in [-0.2, -0.15) is 0 Å². The number of aliphatic hydroxyl groups excluding tert-OH is 4. The Morgan fingerprint density at radius 3 is 0.960 bits per heavy atom. The summed E-state index contributed by atoms with van der Waals surface area (Å²) in [6, 6.07) is -15.6. The molecule has 0 aliphatic rings. The highest BCUT2D eigenvalue weighted by Gasteiger charge is 2.13. The Morgan fingerprint density at radius 1 is 0.317 bits per heavy atom. The first-order chi connectivity index (χ1) is 71.4. The summed E-state index contributed by atoms with van der Waals surface area (Å²) in [5.41, 5.74) is -1.38. The van der Waals surface area contributed by atoms with E-state index in [-0.39, 0.29) is 81.8 Å². The lowest BCUT2D eigenvalue weighted by Gasteiger charge is -2.13. The van der Waals surface area contributed by atoms with Crippen molar-refractivity contribution in [2.75, 3.05) is 83.0 Å². The molecule has 101 heavy (non-hydrogen) atoms. The Labute approximate surface area is 682 Å². The van der Waals surface area contributed by atoms with E-state index in [1.165, 1.54) is 20.8 Å². The summed E-state index contributed by atoms with van der Waals surface area (Å²) in [6.07, 6.45) is -39.9. The third-order valence-corrected chi connectivity index (χ3v) is 12.2. The number of methoxy groups -OCH3 is 8. The molecule has 0 saturated heterocycles. The number of rotatable bonds is 40. The van der Waals surface area contributed by atoms with Gasteiger partial charge < -0.3 is 77.3 Å². The smallest absolute Gasteiger partial charge is 0.160 e. The molecule has 8 aromatic carbocycles. The molecular weight excluding hydrogens is 1280 g/mol. The third-order valence-electron chi connectivity index (χ3n) is 12.2. The maximum absolute atomic E-state index is 10.5. The zero-order chi connectivity index (χ0) is 123. The van der Waals surface area contributed by atoms with Crippen LogP contribution in [0.4, 0.5) is 0 Å². The summed E-state index contributed by atoms with van der Waals surface area (Å²) in [5.74, 6) is -6.87. The zero-order valence-corrected chi connectivity index (χ0v) is 56.3. The van der Waals surface area contributed by atoms with Crippen molar-refractivity contribution >= 4 is 0 Å². The van der Waals surface area contributed by atoms with Crippen molar-refractivity contribution in [2.45, 2.75) is 161 Å². The van der Waals surface area contributed by atoms with Crippen molar-refractivity contribution in [2.24, 2.45) is 0 Å². The highest BCUT2D eigenvalue weighted by molar-refractivity contribution is 5.46. The van der Waals surface area contributed by atoms with Crippen LogP contribution < -0.4 is 56.8 Å². The predicted octanol–water partition coefficient (Wildman–Crippen LogP) is 17.0. The maximum Gasteiger partial charge on any atom is 0.160 e.